The van der Waals surface area contributed by atoms with Crippen molar-refractivity contribution in [3.8, 4) is 22.8 Å². The highest BCUT2D eigenvalue weighted by atomic mass is 16.5. The molecular weight excluding hydrogens is 442 g/mol. The molecule has 0 radical (unpaired) electrons. The molecule has 9 heteroatoms. The standard InChI is InChI=1S/C26H25N7O2/c1-19(34)32(33-15-12-21-16-28-17-29-26(21)33)14-5-13-31-18-30-25(27)24(31)20-8-10-23(11-9-20)35-22-6-3-2-4-7-22/h2-4,6-12,15-18H,5,13-14,27H2,1H3. The van der Waals surface area contributed by atoms with Crippen molar-refractivity contribution in [2.45, 2.75) is 19.9 Å². The number of nitrogens with two attached hydrogens (primary N) is 1. The predicted molar refractivity (Wildman–Crippen MR) is 135 cm³/mol. The number of carbonyl (C=O) groups excluding carboxylic acids is 1. The van der Waals surface area contributed by atoms with Gasteiger partial charge in [-0.2, -0.15) is 0 Å². The van der Waals surface area contributed by atoms with E-state index in [4.69, 9.17) is 10.5 Å². The van der Waals surface area contributed by atoms with Crippen molar-refractivity contribution in [1.82, 2.24) is 24.2 Å². The number of anilines is 1. The van der Waals surface area contributed by atoms with Crippen LogP contribution in [0.4, 0.5) is 5.82 Å². The van der Waals surface area contributed by atoms with E-state index < -0.39 is 0 Å². The van der Waals surface area contributed by atoms with E-state index in [9.17, 15) is 4.79 Å². The summed E-state index contributed by atoms with van der Waals surface area (Å²) < 4.78 is 9.67. The van der Waals surface area contributed by atoms with Crippen LogP contribution in [0.5, 0.6) is 11.5 Å². The highest BCUT2D eigenvalue weighted by Crippen LogP contribution is 2.29. The van der Waals surface area contributed by atoms with Gasteiger partial charge in [0, 0.05) is 43.4 Å². The van der Waals surface area contributed by atoms with Crippen molar-refractivity contribution in [1.29, 1.82) is 0 Å². The van der Waals surface area contributed by atoms with Gasteiger partial charge >= 0.3 is 0 Å². The van der Waals surface area contributed by atoms with Crippen LogP contribution in [0.1, 0.15) is 13.3 Å². The minimum atomic E-state index is -0.0690. The zero-order valence-electron chi connectivity index (χ0n) is 19.3. The summed E-state index contributed by atoms with van der Waals surface area (Å²) in [6.45, 7) is 2.69. The molecule has 5 aromatic rings. The van der Waals surface area contributed by atoms with Crippen LogP contribution >= 0.6 is 0 Å². The fourth-order valence-electron chi connectivity index (χ4n) is 4.05. The summed E-state index contributed by atoms with van der Waals surface area (Å²) in [7, 11) is 0. The van der Waals surface area contributed by atoms with Crippen LogP contribution in [0.25, 0.3) is 22.3 Å². The molecule has 0 aliphatic rings. The number of rotatable bonds is 8. The predicted octanol–water partition coefficient (Wildman–Crippen LogP) is 4.24. The van der Waals surface area contributed by atoms with Gasteiger partial charge in [0.2, 0.25) is 5.91 Å². The number of ether oxygens (including phenoxy) is 1. The molecule has 0 fully saturated rings. The molecule has 3 aromatic heterocycles. The van der Waals surface area contributed by atoms with E-state index in [1.54, 1.807) is 29.1 Å². The van der Waals surface area contributed by atoms with Crippen LogP contribution in [0, 0.1) is 0 Å². The van der Waals surface area contributed by atoms with Gasteiger partial charge < -0.3 is 15.0 Å². The Morgan fingerprint density at radius 3 is 2.57 bits per heavy atom. The first kappa shape index (κ1) is 22.1. The maximum absolute atomic E-state index is 12.4. The summed E-state index contributed by atoms with van der Waals surface area (Å²) in [6, 6.07) is 19.3. The maximum atomic E-state index is 12.4. The largest absolute Gasteiger partial charge is 0.457 e. The van der Waals surface area contributed by atoms with E-state index >= 15 is 0 Å². The lowest BCUT2D eigenvalue weighted by atomic mass is 10.1. The summed E-state index contributed by atoms with van der Waals surface area (Å²) in [5.74, 6) is 1.91. The molecule has 0 saturated heterocycles. The first-order chi connectivity index (χ1) is 17.1. The highest BCUT2D eigenvalue weighted by Gasteiger charge is 2.16. The summed E-state index contributed by atoms with van der Waals surface area (Å²) in [4.78, 5) is 25.1. The smallest absolute Gasteiger partial charge is 0.238 e. The van der Waals surface area contributed by atoms with Gasteiger partial charge in [-0.1, -0.05) is 18.2 Å². The zero-order chi connectivity index (χ0) is 24.2. The Bertz CT molecular complexity index is 1440. The molecule has 0 bridgehead atoms. The minimum absolute atomic E-state index is 0.0690. The number of aryl methyl sites for hydroxylation is 1. The second-order valence-corrected chi connectivity index (χ2v) is 8.07. The molecule has 9 nitrogen and oxygen atoms in total. The number of hydrogen-bond acceptors (Lipinski definition) is 6. The number of para-hydroxylation sites is 1. The second-order valence-electron chi connectivity index (χ2n) is 8.07. The van der Waals surface area contributed by atoms with Gasteiger partial charge in [-0.05, 0) is 48.9 Å². The summed E-state index contributed by atoms with van der Waals surface area (Å²) in [6.07, 6.45) is 7.47. The van der Waals surface area contributed by atoms with Gasteiger partial charge in [0.15, 0.2) is 5.65 Å². The monoisotopic (exact) mass is 467 g/mol. The Morgan fingerprint density at radius 1 is 1.03 bits per heavy atom. The molecule has 2 aromatic carbocycles. The van der Waals surface area contributed by atoms with Gasteiger partial charge in [0.1, 0.15) is 23.6 Å². The molecule has 2 N–H and O–H groups in total. The van der Waals surface area contributed by atoms with Crippen LogP contribution < -0.4 is 15.5 Å². The first-order valence-corrected chi connectivity index (χ1v) is 11.3. The fraction of sp³-hybridized carbons (Fsp3) is 0.154. The SMILES string of the molecule is CC(=O)N(CCCn1cnc(N)c1-c1ccc(Oc2ccccc2)cc1)n1ccc2cncnc21. The Balaban J connectivity index is 1.29. The number of imidazole rings is 1. The first-order valence-electron chi connectivity index (χ1n) is 11.3. The van der Waals surface area contributed by atoms with Crippen molar-refractivity contribution in [3.05, 3.63) is 85.7 Å². The molecule has 0 aliphatic heterocycles. The van der Waals surface area contributed by atoms with Crippen LogP contribution in [0.3, 0.4) is 0 Å². The molecular formula is C26H25N7O2. The van der Waals surface area contributed by atoms with E-state index in [1.807, 2.05) is 71.4 Å². The molecule has 0 atom stereocenters. The van der Waals surface area contributed by atoms with Gasteiger partial charge in [-0.3, -0.25) is 4.79 Å². The van der Waals surface area contributed by atoms with Gasteiger partial charge in [0.25, 0.3) is 0 Å². The van der Waals surface area contributed by atoms with E-state index in [0.29, 0.717) is 31.0 Å². The average molecular weight is 468 g/mol. The Labute approximate surface area is 202 Å². The third-order valence-corrected chi connectivity index (χ3v) is 5.70. The van der Waals surface area contributed by atoms with Crippen molar-refractivity contribution < 1.29 is 9.53 Å². The molecule has 0 aliphatic carbocycles. The Hall–Kier alpha value is -4.66. The van der Waals surface area contributed by atoms with E-state index in [0.717, 1.165) is 28.1 Å². The van der Waals surface area contributed by atoms with Crippen molar-refractivity contribution >= 4 is 22.8 Å². The number of hydrogen-bond donors (Lipinski definition) is 1. The van der Waals surface area contributed by atoms with Crippen LogP contribution in [-0.2, 0) is 11.3 Å². The lowest BCUT2D eigenvalue weighted by molar-refractivity contribution is -0.118. The topological polar surface area (TPSA) is 104 Å². The normalized spacial score (nSPS) is 11.0. The lowest BCUT2D eigenvalue weighted by Gasteiger charge is -2.23. The van der Waals surface area contributed by atoms with Crippen LogP contribution in [0.2, 0.25) is 0 Å². The number of nitrogens with zero attached hydrogens (tertiary/aromatic N) is 6. The third kappa shape index (κ3) is 4.70. The summed E-state index contributed by atoms with van der Waals surface area (Å²) in [5, 5.41) is 2.55. The minimum Gasteiger partial charge on any atom is -0.457 e. The van der Waals surface area contributed by atoms with Gasteiger partial charge in [0.05, 0.1) is 12.0 Å². The molecule has 0 saturated carbocycles. The molecule has 1 amide bonds. The van der Waals surface area contributed by atoms with Crippen molar-refractivity contribution in [3.63, 3.8) is 0 Å². The Kier molecular flexibility index (Phi) is 6.13. The Morgan fingerprint density at radius 2 is 1.80 bits per heavy atom. The van der Waals surface area contributed by atoms with E-state index in [1.165, 1.54) is 6.33 Å². The quantitative estimate of drug-likeness (QED) is 0.366. The second kappa shape index (κ2) is 9.68. The number of carbonyl (C=O) groups is 1. The molecule has 0 spiro atoms. The van der Waals surface area contributed by atoms with E-state index in [2.05, 4.69) is 15.0 Å². The number of nitrogen functional groups attached to an aromatic ring is 1. The summed E-state index contributed by atoms with van der Waals surface area (Å²) >= 11 is 0. The molecule has 176 valence electrons. The van der Waals surface area contributed by atoms with Crippen LogP contribution in [-0.4, -0.2) is 36.6 Å². The number of aromatic nitrogens is 5. The third-order valence-electron chi connectivity index (χ3n) is 5.70. The average Bonchev–Trinajstić information content (AvgIpc) is 3.46. The van der Waals surface area contributed by atoms with Crippen LogP contribution in [0.15, 0.2) is 85.7 Å². The molecule has 35 heavy (non-hydrogen) atoms. The number of amides is 1. The number of fused-ring (bicyclic) bond motifs is 1. The zero-order valence-corrected chi connectivity index (χ0v) is 19.3. The van der Waals surface area contributed by atoms with Crippen molar-refractivity contribution in [2.75, 3.05) is 17.3 Å². The van der Waals surface area contributed by atoms with Crippen molar-refractivity contribution in [2.24, 2.45) is 0 Å². The number of benzene rings is 2. The van der Waals surface area contributed by atoms with E-state index in [-0.39, 0.29) is 5.91 Å². The fourth-order valence-corrected chi connectivity index (χ4v) is 4.05. The van der Waals surface area contributed by atoms with Gasteiger partial charge in [-0.15, -0.1) is 0 Å². The van der Waals surface area contributed by atoms with Gasteiger partial charge in [-0.25, -0.2) is 24.6 Å². The lowest BCUT2D eigenvalue weighted by Crippen LogP contribution is -2.39. The highest BCUT2D eigenvalue weighted by molar-refractivity contribution is 5.86. The molecule has 3 heterocycles. The molecule has 5 rings (SSSR count). The molecule has 0 unspecified atom stereocenters. The summed E-state index contributed by atoms with van der Waals surface area (Å²) in [5.41, 5.74) is 8.68. The maximum Gasteiger partial charge on any atom is 0.238 e.